The van der Waals surface area contributed by atoms with E-state index in [4.69, 9.17) is 15.2 Å². The lowest BCUT2D eigenvalue weighted by molar-refractivity contribution is 0.141. The number of hydrogen-bond donors (Lipinski definition) is 2. The van der Waals surface area contributed by atoms with Gasteiger partial charge >= 0.3 is 0 Å². The van der Waals surface area contributed by atoms with E-state index in [0.29, 0.717) is 19.6 Å². The normalized spacial score (nSPS) is 13.9. The molecule has 0 radical (unpaired) electrons. The van der Waals surface area contributed by atoms with E-state index in [-0.39, 0.29) is 6.04 Å². The molecule has 0 heterocycles. The zero-order valence-corrected chi connectivity index (χ0v) is 12.1. The largest absolute Gasteiger partial charge is 0.494 e. The molecule has 0 aliphatic carbocycles. The molecule has 0 saturated carbocycles. The van der Waals surface area contributed by atoms with Gasteiger partial charge in [0.15, 0.2) is 0 Å². The summed E-state index contributed by atoms with van der Waals surface area (Å²) in [5.74, 6) is 1.68. The first-order valence-corrected chi connectivity index (χ1v) is 6.90. The molecule has 0 aliphatic rings. The summed E-state index contributed by atoms with van der Waals surface area (Å²) in [5, 5.41) is 9.78. The Bertz CT molecular complexity index is 380. The van der Waals surface area contributed by atoms with Crippen LogP contribution in [-0.4, -0.2) is 30.5 Å². The molecular weight excluding hydrogens is 242 g/mol. The molecule has 0 bridgehead atoms. The van der Waals surface area contributed by atoms with Gasteiger partial charge in [-0.3, -0.25) is 0 Å². The van der Waals surface area contributed by atoms with E-state index in [1.165, 1.54) is 0 Å². The summed E-state index contributed by atoms with van der Waals surface area (Å²) < 4.78 is 11.1. The van der Waals surface area contributed by atoms with Gasteiger partial charge in [0.25, 0.3) is 0 Å². The lowest BCUT2D eigenvalue weighted by atomic mass is 10.0. The van der Waals surface area contributed by atoms with Crippen LogP contribution in [0.15, 0.2) is 18.2 Å². The standard InChI is InChI=1S/C15H25NO3/c1-4-18-13-7-9-15(19-5-2)12(10-13)6-8-14(17)11(3)16/h7,9-11,14,17H,4-6,8,16H2,1-3H3. The first-order chi connectivity index (χ1) is 9.08. The Morgan fingerprint density at radius 1 is 1.21 bits per heavy atom. The lowest BCUT2D eigenvalue weighted by Crippen LogP contribution is -2.31. The molecule has 1 aromatic carbocycles. The predicted octanol–water partition coefficient (Wildman–Crippen LogP) is 2.12. The Morgan fingerprint density at radius 2 is 1.89 bits per heavy atom. The number of aryl methyl sites for hydroxylation is 1. The van der Waals surface area contributed by atoms with Crippen LogP contribution in [0.4, 0.5) is 0 Å². The highest BCUT2D eigenvalue weighted by Crippen LogP contribution is 2.26. The number of ether oxygens (including phenoxy) is 2. The summed E-state index contributed by atoms with van der Waals surface area (Å²) in [6.07, 6.45) is 0.844. The lowest BCUT2D eigenvalue weighted by Gasteiger charge is -2.16. The van der Waals surface area contributed by atoms with E-state index in [0.717, 1.165) is 23.5 Å². The van der Waals surface area contributed by atoms with Crippen LogP contribution in [0, 0.1) is 0 Å². The summed E-state index contributed by atoms with van der Waals surface area (Å²) in [6, 6.07) is 5.58. The quantitative estimate of drug-likeness (QED) is 0.757. The molecule has 0 saturated heterocycles. The van der Waals surface area contributed by atoms with Crippen molar-refractivity contribution in [3.05, 3.63) is 23.8 Å². The Morgan fingerprint density at radius 3 is 2.47 bits per heavy atom. The van der Waals surface area contributed by atoms with Crippen LogP contribution in [-0.2, 0) is 6.42 Å². The Kier molecular flexibility index (Phi) is 6.67. The number of nitrogens with two attached hydrogens (primary N) is 1. The maximum Gasteiger partial charge on any atom is 0.122 e. The maximum atomic E-state index is 9.78. The second-order valence-corrected chi connectivity index (χ2v) is 4.60. The summed E-state index contributed by atoms with van der Waals surface area (Å²) >= 11 is 0. The van der Waals surface area contributed by atoms with Gasteiger partial charge in [-0.25, -0.2) is 0 Å². The van der Waals surface area contributed by atoms with E-state index >= 15 is 0 Å². The molecule has 0 aliphatic heterocycles. The molecular formula is C15H25NO3. The van der Waals surface area contributed by atoms with Crippen LogP contribution < -0.4 is 15.2 Å². The van der Waals surface area contributed by atoms with Crippen LogP contribution in [0.25, 0.3) is 0 Å². The van der Waals surface area contributed by atoms with Crippen molar-refractivity contribution in [3.8, 4) is 11.5 Å². The third-order valence-electron chi connectivity index (χ3n) is 2.96. The van der Waals surface area contributed by atoms with Gasteiger partial charge in [0.1, 0.15) is 11.5 Å². The summed E-state index contributed by atoms with van der Waals surface area (Å²) in [6.45, 7) is 6.98. The molecule has 0 amide bonds. The smallest absolute Gasteiger partial charge is 0.122 e. The van der Waals surface area contributed by atoms with Gasteiger partial charge in [0.2, 0.25) is 0 Å². The summed E-state index contributed by atoms with van der Waals surface area (Å²) in [7, 11) is 0. The molecule has 19 heavy (non-hydrogen) atoms. The molecule has 0 aromatic heterocycles. The highest BCUT2D eigenvalue weighted by Gasteiger charge is 2.12. The fraction of sp³-hybridized carbons (Fsp3) is 0.600. The van der Waals surface area contributed by atoms with E-state index < -0.39 is 6.10 Å². The highest BCUT2D eigenvalue weighted by atomic mass is 16.5. The number of rotatable bonds is 8. The Labute approximate surface area is 115 Å². The molecule has 2 atom stereocenters. The predicted molar refractivity (Wildman–Crippen MR) is 76.8 cm³/mol. The van der Waals surface area contributed by atoms with Gasteiger partial charge in [0.05, 0.1) is 19.3 Å². The monoisotopic (exact) mass is 267 g/mol. The van der Waals surface area contributed by atoms with Gasteiger partial charge in [-0.2, -0.15) is 0 Å². The minimum absolute atomic E-state index is 0.217. The van der Waals surface area contributed by atoms with Gasteiger partial charge < -0.3 is 20.3 Å². The molecule has 3 N–H and O–H groups in total. The van der Waals surface area contributed by atoms with Crippen molar-refractivity contribution in [2.45, 2.75) is 45.8 Å². The summed E-state index contributed by atoms with van der Waals surface area (Å²) in [4.78, 5) is 0. The van der Waals surface area contributed by atoms with Crippen molar-refractivity contribution in [2.75, 3.05) is 13.2 Å². The number of aliphatic hydroxyl groups is 1. The van der Waals surface area contributed by atoms with Crippen LogP contribution >= 0.6 is 0 Å². The minimum atomic E-state index is -0.495. The van der Waals surface area contributed by atoms with Crippen LogP contribution in [0.1, 0.15) is 32.8 Å². The van der Waals surface area contributed by atoms with Crippen molar-refractivity contribution in [3.63, 3.8) is 0 Å². The third kappa shape index (κ3) is 5.09. The van der Waals surface area contributed by atoms with Crippen LogP contribution in [0.3, 0.4) is 0 Å². The third-order valence-corrected chi connectivity index (χ3v) is 2.96. The minimum Gasteiger partial charge on any atom is -0.494 e. The fourth-order valence-electron chi connectivity index (χ4n) is 1.87. The molecule has 108 valence electrons. The SMILES string of the molecule is CCOc1ccc(OCC)c(CCC(O)C(C)N)c1. The molecule has 1 aromatic rings. The Balaban J connectivity index is 2.78. The summed E-state index contributed by atoms with van der Waals surface area (Å²) in [5.41, 5.74) is 6.72. The highest BCUT2D eigenvalue weighted by molar-refractivity contribution is 5.40. The van der Waals surface area contributed by atoms with Crippen LogP contribution in [0.2, 0.25) is 0 Å². The zero-order valence-electron chi connectivity index (χ0n) is 12.1. The number of aliphatic hydroxyl groups excluding tert-OH is 1. The molecule has 0 fully saturated rings. The average molecular weight is 267 g/mol. The molecule has 0 spiro atoms. The van der Waals surface area contributed by atoms with Gasteiger partial charge in [0, 0.05) is 6.04 Å². The van der Waals surface area contributed by atoms with Gasteiger partial charge in [-0.1, -0.05) is 0 Å². The second kappa shape index (κ2) is 8.02. The van der Waals surface area contributed by atoms with Crippen molar-refractivity contribution in [2.24, 2.45) is 5.73 Å². The van der Waals surface area contributed by atoms with Gasteiger partial charge in [-0.15, -0.1) is 0 Å². The number of hydrogen-bond acceptors (Lipinski definition) is 4. The van der Waals surface area contributed by atoms with E-state index in [1.807, 2.05) is 39.0 Å². The fourth-order valence-corrected chi connectivity index (χ4v) is 1.87. The average Bonchev–Trinajstić information content (AvgIpc) is 2.38. The van der Waals surface area contributed by atoms with E-state index in [9.17, 15) is 5.11 Å². The van der Waals surface area contributed by atoms with Crippen molar-refractivity contribution >= 4 is 0 Å². The first kappa shape index (κ1) is 15.8. The number of benzene rings is 1. The molecule has 4 heteroatoms. The zero-order chi connectivity index (χ0) is 14.3. The second-order valence-electron chi connectivity index (χ2n) is 4.60. The molecule has 2 unspecified atom stereocenters. The Hall–Kier alpha value is -1.26. The molecule has 4 nitrogen and oxygen atoms in total. The topological polar surface area (TPSA) is 64.7 Å². The van der Waals surface area contributed by atoms with Crippen molar-refractivity contribution < 1.29 is 14.6 Å². The van der Waals surface area contributed by atoms with Crippen LogP contribution in [0.5, 0.6) is 11.5 Å². The maximum absolute atomic E-state index is 9.78. The molecule has 1 rings (SSSR count). The van der Waals surface area contributed by atoms with E-state index in [2.05, 4.69) is 0 Å². The van der Waals surface area contributed by atoms with Crippen molar-refractivity contribution in [1.82, 2.24) is 0 Å². The van der Waals surface area contributed by atoms with E-state index in [1.54, 1.807) is 0 Å². The first-order valence-electron chi connectivity index (χ1n) is 6.90. The van der Waals surface area contributed by atoms with Crippen molar-refractivity contribution in [1.29, 1.82) is 0 Å². The van der Waals surface area contributed by atoms with Gasteiger partial charge in [-0.05, 0) is 57.4 Å².